The van der Waals surface area contributed by atoms with E-state index >= 15 is 0 Å². The van der Waals surface area contributed by atoms with Crippen LogP contribution in [-0.2, 0) is 32.6 Å². The van der Waals surface area contributed by atoms with Gasteiger partial charge in [-0.2, -0.15) is 0 Å². The zero-order valence-corrected chi connectivity index (χ0v) is 28.0. The molecule has 4 aromatic carbocycles. The van der Waals surface area contributed by atoms with E-state index in [1.165, 1.54) is 37.3 Å². The molecule has 0 aliphatic carbocycles. The van der Waals surface area contributed by atoms with Crippen LogP contribution in [0.1, 0.15) is 18.1 Å². The molecule has 2 amide bonds. The summed E-state index contributed by atoms with van der Waals surface area (Å²) in [6.45, 7) is 1.24. The minimum absolute atomic E-state index is 0.0436. The Morgan fingerprint density at radius 1 is 0.848 bits per heavy atom. The van der Waals surface area contributed by atoms with E-state index in [9.17, 15) is 18.0 Å². The number of ether oxygens (including phenoxy) is 2. The fourth-order valence-corrected chi connectivity index (χ4v) is 6.88. The van der Waals surface area contributed by atoms with E-state index in [2.05, 4.69) is 5.32 Å². The van der Waals surface area contributed by atoms with E-state index in [1.54, 1.807) is 55.5 Å². The fraction of sp³-hybridized carbons (Fsp3) is 0.235. The van der Waals surface area contributed by atoms with Crippen molar-refractivity contribution >= 4 is 50.7 Å². The van der Waals surface area contributed by atoms with Gasteiger partial charge in [-0.05, 0) is 48.9 Å². The van der Waals surface area contributed by atoms with Crippen LogP contribution in [0.2, 0.25) is 10.0 Å². The lowest BCUT2D eigenvalue weighted by Crippen LogP contribution is -2.53. The predicted molar refractivity (Wildman–Crippen MR) is 180 cm³/mol. The lowest BCUT2D eigenvalue weighted by molar-refractivity contribution is -0.140. The third-order valence-corrected chi connectivity index (χ3v) is 9.76. The van der Waals surface area contributed by atoms with Crippen molar-refractivity contribution in [1.29, 1.82) is 0 Å². The first kappa shape index (κ1) is 34.6. The van der Waals surface area contributed by atoms with Gasteiger partial charge in [-0.3, -0.25) is 13.9 Å². The van der Waals surface area contributed by atoms with Crippen LogP contribution in [-0.4, -0.2) is 58.5 Å². The number of rotatable bonds is 14. The van der Waals surface area contributed by atoms with Crippen molar-refractivity contribution in [2.45, 2.75) is 30.8 Å². The van der Waals surface area contributed by atoms with E-state index in [-0.39, 0.29) is 29.3 Å². The first-order chi connectivity index (χ1) is 22.1. The maximum Gasteiger partial charge on any atom is 0.264 e. The lowest BCUT2D eigenvalue weighted by Gasteiger charge is -2.34. The molecule has 12 heteroatoms. The van der Waals surface area contributed by atoms with Crippen molar-refractivity contribution in [3.8, 4) is 11.5 Å². The highest BCUT2D eigenvalue weighted by Gasteiger charge is 2.36. The minimum atomic E-state index is -4.35. The van der Waals surface area contributed by atoms with Crippen LogP contribution in [0, 0.1) is 0 Å². The Labute approximate surface area is 279 Å². The molecule has 0 bridgehead atoms. The molecule has 0 unspecified atom stereocenters. The number of carbonyl (C=O) groups excluding carboxylic acids is 2. The highest BCUT2D eigenvalue weighted by molar-refractivity contribution is 7.92. The van der Waals surface area contributed by atoms with Gasteiger partial charge in [0.25, 0.3) is 10.0 Å². The molecule has 1 atom stereocenters. The highest BCUT2D eigenvalue weighted by Crippen LogP contribution is 2.36. The lowest BCUT2D eigenvalue weighted by atomic mass is 10.0. The average Bonchev–Trinajstić information content (AvgIpc) is 3.06. The molecule has 9 nitrogen and oxygen atoms in total. The number of methoxy groups -OCH3 is 2. The predicted octanol–water partition coefficient (Wildman–Crippen LogP) is 5.98. The number of nitrogens with one attached hydrogen (secondary N) is 1. The van der Waals surface area contributed by atoms with E-state index in [0.717, 1.165) is 9.87 Å². The number of hydrogen-bond donors (Lipinski definition) is 1. The van der Waals surface area contributed by atoms with Crippen molar-refractivity contribution in [3.63, 3.8) is 0 Å². The molecule has 0 fully saturated rings. The molecular formula is C34H35Cl2N3O6S. The van der Waals surface area contributed by atoms with E-state index in [0.29, 0.717) is 27.9 Å². The van der Waals surface area contributed by atoms with Crippen LogP contribution in [0.25, 0.3) is 0 Å². The van der Waals surface area contributed by atoms with Gasteiger partial charge in [0.05, 0.1) is 24.8 Å². The van der Waals surface area contributed by atoms with Gasteiger partial charge in [0.1, 0.15) is 24.1 Å². The molecular weight excluding hydrogens is 649 g/mol. The van der Waals surface area contributed by atoms with Crippen LogP contribution in [0.3, 0.4) is 0 Å². The number of nitrogens with zero attached hydrogens (tertiary/aromatic N) is 2. The van der Waals surface area contributed by atoms with Crippen LogP contribution in [0.5, 0.6) is 11.5 Å². The molecule has 0 spiro atoms. The standard InChI is InChI=1S/C34H35Cl2N3O6S/c1-4-37-34(41)31(20-24-12-7-5-8-13-24)38(22-27-28(35)16-11-17-29(27)36)33(40)23-39(46(42,43)26-14-9-6-10-15-26)30-21-25(44-2)18-19-32(30)45-3/h5-19,21,31H,4,20,22-23H2,1-3H3,(H,37,41)/t31-/m1/s1. The van der Waals surface area contributed by atoms with Gasteiger partial charge in [-0.15, -0.1) is 0 Å². The molecule has 46 heavy (non-hydrogen) atoms. The third-order valence-electron chi connectivity index (χ3n) is 7.28. The molecule has 4 aromatic rings. The monoisotopic (exact) mass is 683 g/mol. The van der Waals surface area contributed by atoms with E-state index < -0.39 is 34.4 Å². The molecule has 4 rings (SSSR count). The Hall–Kier alpha value is -4.25. The quantitative estimate of drug-likeness (QED) is 0.175. The number of carbonyl (C=O) groups is 2. The molecule has 0 aliphatic heterocycles. The third kappa shape index (κ3) is 8.12. The Kier molecular flexibility index (Phi) is 11.9. The van der Waals surface area contributed by atoms with Crippen molar-refractivity contribution in [3.05, 3.63) is 118 Å². The molecule has 0 aromatic heterocycles. The van der Waals surface area contributed by atoms with Gasteiger partial charge < -0.3 is 19.7 Å². The van der Waals surface area contributed by atoms with Crippen molar-refractivity contribution < 1.29 is 27.5 Å². The van der Waals surface area contributed by atoms with Gasteiger partial charge in [-0.1, -0.05) is 77.8 Å². The number of halogens is 2. The maximum absolute atomic E-state index is 14.6. The Balaban J connectivity index is 1.88. The Morgan fingerprint density at radius 3 is 2.07 bits per heavy atom. The first-order valence-corrected chi connectivity index (χ1v) is 16.6. The summed E-state index contributed by atoms with van der Waals surface area (Å²) in [7, 11) is -1.50. The van der Waals surface area contributed by atoms with E-state index in [1.807, 2.05) is 30.3 Å². The molecule has 0 saturated carbocycles. The first-order valence-electron chi connectivity index (χ1n) is 14.4. The largest absolute Gasteiger partial charge is 0.497 e. The molecule has 0 saturated heterocycles. The number of hydrogen-bond acceptors (Lipinski definition) is 6. The van der Waals surface area contributed by atoms with Crippen molar-refractivity contribution in [1.82, 2.24) is 10.2 Å². The summed E-state index contributed by atoms with van der Waals surface area (Å²) < 4.78 is 40.4. The molecule has 0 heterocycles. The van der Waals surface area contributed by atoms with Gasteiger partial charge in [0.2, 0.25) is 11.8 Å². The Bertz CT molecular complexity index is 1740. The number of likely N-dealkylation sites (N-methyl/N-ethyl adjacent to an activating group) is 1. The van der Waals surface area contributed by atoms with Gasteiger partial charge in [-0.25, -0.2) is 8.42 Å². The summed E-state index contributed by atoms with van der Waals surface area (Å²) in [5.41, 5.74) is 1.29. The fourth-order valence-electron chi connectivity index (χ4n) is 4.92. The normalized spacial score (nSPS) is 11.8. The summed E-state index contributed by atoms with van der Waals surface area (Å²) >= 11 is 13.1. The number of anilines is 1. The minimum Gasteiger partial charge on any atom is -0.497 e. The van der Waals surface area contributed by atoms with Crippen LogP contribution < -0.4 is 19.1 Å². The topological polar surface area (TPSA) is 105 Å². The second-order valence-corrected chi connectivity index (χ2v) is 12.9. The van der Waals surface area contributed by atoms with Gasteiger partial charge >= 0.3 is 0 Å². The zero-order valence-electron chi connectivity index (χ0n) is 25.7. The Morgan fingerprint density at radius 2 is 1.48 bits per heavy atom. The smallest absolute Gasteiger partial charge is 0.264 e. The summed E-state index contributed by atoms with van der Waals surface area (Å²) in [4.78, 5) is 29.6. The van der Waals surface area contributed by atoms with Gasteiger partial charge in [0, 0.05) is 41.2 Å². The summed E-state index contributed by atoms with van der Waals surface area (Å²) in [5.74, 6) is -0.550. The maximum atomic E-state index is 14.6. The number of sulfonamides is 1. The SMILES string of the molecule is CCNC(=O)[C@@H](Cc1ccccc1)N(Cc1c(Cl)cccc1Cl)C(=O)CN(c1cc(OC)ccc1OC)S(=O)(=O)c1ccccc1. The van der Waals surface area contributed by atoms with Crippen molar-refractivity contribution in [2.75, 3.05) is 31.6 Å². The number of amides is 2. The summed E-state index contributed by atoms with van der Waals surface area (Å²) in [6.07, 6.45) is 0.147. The van der Waals surface area contributed by atoms with Crippen LogP contribution in [0.4, 0.5) is 5.69 Å². The molecule has 0 aliphatic rings. The number of benzene rings is 4. The summed E-state index contributed by atoms with van der Waals surface area (Å²) in [6, 6.07) is 25.5. The molecule has 0 radical (unpaired) electrons. The van der Waals surface area contributed by atoms with E-state index in [4.69, 9.17) is 32.7 Å². The average molecular weight is 685 g/mol. The highest BCUT2D eigenvalue weighted by atomic mass is 35.5. The second kappa shape index (κ2) is 15.8. The molecule has 1 N–H and O–H groups in total. The molecule has 242 valence electrons. The summed E-state index contributed by atoms with van der Waals surface area (Å²) in [5, 5.41) is 3.41. The zero-order chi connectivity index (χ0) is 33.3. The van der Waals surface area contributed by atoms with Crippen LogP contribution >= 0.6 is 23.2 Å². The van der Waals surface area contributed by atoms with Gasteiger partial charge in [0.15, 0.2) is 0 Å². The second-order valence-electron chi connectivity index (χ2n) is 10.2. The van der Waals surface area contributed by atoms with Crippen LogP contribution in [0.15, 0.2) is 102 Å². The van der Waals surface area contributed by atoms with Crippen molar-refractivity contribution in [2.24, 2.45) is 0 Å².